The summed E-state index contributed by atoms with van der Waals surface area (Å²) in [6, 6.07) is 8.74. The zero-order chi connectivity index (χ0) is 13.8. The Bertz CT molecular complexity index is 421. The van der Waals surface area contributed by atoms with Crippen LogP contribution in [0.1, 0.15) is 31.7 Å². The van der Waals surface area contributed by atoms with Crippen LogP contribution in [0.2, 0.25) is 0 Å². The second-order valence-electron chi connectivity index (χ2n) is 5.89. The normalized spacial score (nSPS) is 15.9. The van der Waals surface area contributed by atoms with Gasteiger partial charge in [0.25, 0.3) is 0 Å². The van der Waals surface area contributed by atoms with E-state index in [1.807, 2.05) is 12.1 Å². The number of hydrogen-bond donors (Lipinski definition) is 1. The first-order valence-electron chi connectivity index (χ1n) is 7.10. The molecule has 3 heteroatoms. The van der Waals surface area contributed by atoms with E-state index in [2.05, 4.69) is 24.4 Å². The Labute approximate surface area is 116 Å². The highest BCUT2D eigenvalue weighted by Crippen LogP contribution is 2.34. The minimum Gasteiger partial charge on any atom is -0.383 e. The summed E-state index contributed by atoms with van der Waals surface area (Å²) in [6.07, 6.45) is 4.54. The minimum absolute atomic E-state index is 0.141. The molecule has 104 valence electrons. The first kappa shape index (κ1) is 13.9. The molecule has 1 fully saturated rings. The summed E-state index contributed by atoms with van der Waals surface area (Å²) in [4.78, 5) is 13.2. The molecular formula is C16H24N2O. The van der Waals surface area contributed by atoms with Crippen LogP contribution in [0.15, 0.2) is 24.3 Å². The molecule has 0 bridgehead atoms. The second-order valence-corrected chi connectivity index (χ2v) is 5.89. The van der Waals surface area contributed by atoms with Gasteiger partial charge in [0.05, 0.1) is 6.42 Å². The molecule has 1 aromatic rings. The van der Waals surface area contributed by atoms with Crippen molar-refractivity contribution in [2.24, 2.45) is 5.92 Å². The fraction of sp³-hybridized carbons (Fsp3) is 0.562. The monoisotopic (exact) mass is 260 g/mol. The third-order valence-corrected chi connectivity index (χ3v) is 3.60. The van der Waals surface area contributed by atoms with E-state index >= 15 is 0 Å². The van der Waals surface area contributed by atoms with Crippen LogP contribution in [-0.2, 0) is 11.2 Å². The van der Waals surface area contributed by atoms with Crippen LogP contribution in [-0.4, -0.2) is 30.9 Å². The van der Waals surface area contributed by atoms with Gasteiger partial charge in [0.2, 0.25) is 5.91 Å². The van der Waals surface area contributed by atoms with Crippen molar-refractivity contribution >= 4 is 11.6 Å². The van der Waals surface area contributed by atoms with E-state index in [0.29, 0.717) is 12.5 Å². The van der Waals surface area contributed by atoms with Gasteiger partial charge in [-0.3, -0.25) is 4.79 Å². The van der Waals surface area contributed by atoms with Crippen LogP contribution in [0.25, 0.3) is 0 Å². The molecule has 2 rings (SSSR count). The number of carbonyl (C=O) groups is 1. The summed E-state index contributed by atoms with van der Waals surface area (Å²) in [7, 11) is 3.58. The lowest BCUT2D eigenvalue weighted by molar-refractivity contribution is -0.127. The first-order chi connectivity index (χ1) is 9.04. The predicted molar refractivity (Wildman–Crippen MR) is 79.3 cm³/mol. The molecule has 0 radical (unpaired) electrons. The third kappa shape index (κ3) is 4.58. The number of amides is 1. The van der Waals surface area contributed by atoms with Crippen LogP contribution in [0.3, 0.4) is 0 Å². The summed E-state index contributed by atoms with van der Waals surface area (Å²) >= 11 is 0. The third-order valence-electron chi connectivity index (χ3n) is 3.60. The van der Waals surface area contributed by atoms with E-state index in [0.717, 1.165) is 17.2 Å². The van der Waals surface area contributed by atoms with Gasteiger partial charge in [-0.1, -0.05) is 25.0 Å². The van der Waals surface area contributed by atoms with Crippen molar-refractivity contribution in [3.63, 3.8) is 0 Å². The van der Waals surface area contributed by atoms with Crippen molar-refractivity contribution in [1.82, 2.24) is 4.90 Å². The van der Waals surface area contributed by atoms with Gasteiger partial charge in [-0.05, 0) is 37.0 Å². The fourth-order valence-corrected chi connectivity index (χ4v) is 2.25. The van der Waals surface area contributed by atoms with E-state index in [4.69, 9.17) is 0 Å². The molecule has 3 nitrogen and oxygen atoms in total. The van der Waals surface area contributed by atoms with Crippen molar-refractivity contribution in [1.29, 1.82) is 0 Å². The molecule has 1 unspecified atom stereocenters. The maximum atomic E-state index is 11.6. The smallest absolute Gasteiger partial charge is 0.226 e. The Hall–Kier alpha value is -1.51. The highest BCUT2D eigenvalue weighted by atomic mass is 16.2. The SMILES string of the molecule is CC(CC1CC1)Nc1ccc(CC(=O)N(C)C)cc1. The van der Waals surface area contributed by atoms with Crippen molar-refractivity contribution in [3.05, 3.63) is 29.8 Å². The number of rotatable bonds is 6. The number of nitrogens with one attached hydrogen (secondary N) is 1. The number of nitrogens with zero attached hydrogens (tertiary/aromatic N) is 1. The number of carbonyl (C=O) groups excluding carboxylic acids is 1. The first-order valence-corrected chi connectivity index (χ1v) is 7.10. The molecule has 1 aliphatic rings. The quantitative estimate of drug-likeness (QED) is 0.853. The predicted octanol–water partition coefficient (Wildman–Crippen LogP) is 2.92. The summed E-state index contributed by atoms with van der Waals surface area (Å²) in [5.41, 5.74) is 2.22. The van der Waals surface area contributed by atoms with Gasteiger partial charge in [0, 0.05) is 25.8 Å². The molecule has 0 saturated heterocycles. The number of likely N-dealkylation sites (N-methyl/N-ethyl adjacent to an activating group) is 1. The molecule has 1 aliphatic carbocycles. The van der Waals surface area contributed by atoms with Gasteiger partial charge < -0.3 is 10.2 Å². The Morgan fingerprint density at radius 1 is 1.32 bits per heavy atom. The fourth-order valence-electron chi connectivity index (χ4n) is 2.25. The molecular weight excluding hydrogens is 236 g/mol. The molecule has 1 aromatic carbocycles. The van der Waals surface area contributed by atoms with Crippen molar-refractivity contribution in [2.75, 3.05) is 19.4 Å². The Morgan fingerprint density at radius 2 is 1.95 bits per heavy atom. The number of hydrogen-bond acceptors (Lipinski definition) is 2. The largest absolute Gasteiger partial charge is 0.383 e. The Balaban J connectivity index is 1.84. The standard InChI is InChI=1S/C16H24N2O/c1-12(10-13-4-5-13)17-15-8-6-14(7-9-15)11-16(19)18(2)3/h6-9,12-13,17H,4-5,10-11H2,1-3H3. The van der Waals surface area contributed by atoms with Gasteiger partial charge in [-0.25, -0.2) is 0 Å². The van der Waals surface area contributed by atoms with Gasteiger partial charge in [0.15, 0.2) is 0 Å². The van der Waals surface area contributed by atoms with E-state index < -0.39 is 0 Å². The molecule has 0 aromatic heterocycles. The lowest BCUT2D eigenvalue weighted by Gasteiger charge is -2.15. The molecule has 1 amide bonds. The molecule has 0 aliphatic heterocycles. The van der Waals surface area contributed by atoms with Crippen LogP contribution in [0.4, 0.5) is 5.69 Å². The summed E-state index contributed by atoms with van der Waals surface area (Å²) in [6.45, 7) is 2.24. The maximum absolute atomic E-state index is 11.6. The van der Waals surface area contributed by atoms with E-state index in [1.54, 1.807) is 19.0 Å². The number of anilines is 1. The molecule has 1 saturated carbocycles. The van der Waals surface area contributed by atoms with Crippen LogP contribution in [0, 0.1) is 5.92 Å². The van der Waals surface area contributed by atoms with E-state index in [9.17, 15) is 4.79 Å². The van der Waals surface area contributed by atoms with E-state index in [1.165, 1.54) is 19.3 Å². The Kier molecular flexibility index (Phi) is 4.46. The van der Waals surface area contributed by atoms with Gasteiger partial charge in [-0.2, -0.15) is 0 Å². The summed E-state index contributed by atoms with van der Waals surface area (Å²) < 4.78 is 0. The zero-order valence-electron chi connectivity index (χ0n) is 12.1. The second kappa shape index (κ2) is 6.09. The molecule has 1 N–H and O–H groups in total. The van der Waals surface area contributed by atoms with E-state index in [-0.39, 0.29) is 5.91 Å². The maximum Gasteiger partial charge on any atom is 0.226 e. The molecule has 1 atom stereocenters. The van der Waals surface area contributed by atoms with Gasteiger partial charge >= 0.3 is 0 Å². The Morgan fingerprint density at radius 3 is 2.47 bits per heavy atom. The highest BCUT2D eigenvalue weighted by Gasteiger charge is 2.23. The molecule has 0 heterocycles. The summed E-state index contributed by atoms with van der Waals surface area (Å²) in [5, 5.41) is 3.52. The van der Waals surface area contributed by atoms with Crippen molar-refractivity contribution in [3.8, 4) is 0 Å². The lowest BCUT2D eigenvalue weighted by Crippen LogP contribution is -2.23. The van der Waals surface area contributed by atoms with Gasteiger partial charge in [-0.15, -0.1) is 0 Å². The average molecular weight is 260 g/mol. The van der Waals surface area contributed by atoms with Crippen LogP contribution >= 0.6 is 0 Å². The van der Waals surface area contributed by atoms with Crippen LogP contribution in [0.5, 0.6) is 0 Å². The topological polar surface area (TPSA) is 32.3 Å². The molecule has 0 spiro atoms. The minimum atomic E-state index is 0.141. The molecule has 19 heavy (non-hydrogen) atoms. The summed E-state index contributed by atoms with van der Waals surface area (Å²) in [5.74, 6) is 1.09. The number of benzene rings is 1. The highest BCUT2D eigenvalue weighted by molar-refractivity contribution is 5.78. The van der Waals surface area contributed by atoms with Crippen LogP contribution < -0.4 is 5.32 Å². The lowest BCUT2D eigenvalue weighted by atomic mass is 10.1. The zero-order valence-corrected chi connectivity index (χ0v) is 12.1. The average Bonchev–Trinajstić information content (AvgIpc) is 3.15. The van der Waals surface area contributed by atoms with Crippen molar-refractivity contribution in [2.45, 2.75) is 38.6 Å². The van der Waals surface area contributed by atoms with Gasteiger partial charge in [0.1, 0.15) is 0 Å². The van der Waals surface area contributed by atoms with Crippen molar-refractivity contribution < 1.29 is 4.79 Å².